The van der Waals surface area contributed by atoms with E-state index in [0.717, 1.165) is 17.0 Å². The molecule has 1 fully saturated rings. The molecule has 1 saturated heterocycles. The van der Waals surface area contributed by atoms with E-state index in [1.165, 1.54) is 12.1 Å². The molecule has 1 aromatic carbocycles. The summed E-state index contributed by atoms with van der Waals surface area (Å²) in [5.74, 6) is -0.952. The van der Waals surface area contributed by atoms with E-state index in [2.05, 4.69) is 10.1 Å². The Morgan fingerprint density at radius 1 is 1.29 bits per heavy atom. The van der Waals surface area contributed by atoms with Crippen LogP contribution in [0.4, 0.5) is 18.9 Å². The van der Waals surface area contributed by atoms with Gasteiger partial charge in [-0.3, -0.25) is 14.5 Å². The molecule has 0 aromatic heterocycles. The van der Waals surface area contributed by atoms with Crippen LogP contribution in [0.15, 0.2) is 24.3 Å². The molecule has 8 heteroatoms. The summed E-state index contributed by atoms with van der Waals surface area (Å²) in [5, 5.41) is 2.83. The van der Waals surface area contributed by atoms with Crippen LogP contribution in [-0.2, 0) is 9.59 Å². The SMILES string of the molecule is CCN1C(=O)C[C@H](Nc2ccc(OC(F)(F)F)cc2)C1=O. The summed E-state index contributed by atoms with van der Waals surface area (Å²) in [6.45, 7) is 2.00. The fourth-order valence-electron chi connectivity index (χ4n) is 2.08. The van der Waals surface area contributed by atoms with Crippen LogP contribution in [0.25, 0.3) is 0 Å². The van der Waals surface area contributed by atoms with Crippen molar-refractivity contribution in [1.29, 1.82) is 0 Å². The number of alkyl halides is 3. The summed E-state index contributed by atoms with van der Waals surface area (Å²) in [7, 11) is 0. The summed E-state index contributed by atoms with van der Waals surface area (Å²) < 4.78 is 39.8. The van der Waals surface area contributed by atoms with E-state index < -0.39 is 12.4 Å². The average Bonchev–Trinajstić information content (AvgIpc) is 2.65. The van der Waals surface area contributed by atoms with Crippen molar-refractivity contribution in [1.82, 2.24) is 4.90 Å². The number of anilines is 1. The second-order valence-corrected chi connectivity index (χ2v) is 4.45. The molecule has 0 spiro atoms. The van der Waals surface area contributed by atoms with Gasteiger partial charge in [0, 0.05) is 12.2 Å². The summed E-state index contributed by atoms with van der Waals surface area (Å²) in [5.41, 5.74) is 0.439. The molecular weight excluding hydrogens is 289 g/mol. The van der Waals surface area contributed by atoms with Crippen molar-refractivity contribution in [3.63, 3.8) is 0 Å². The Morgan fingerprint density at radius 3 is 2.38 bits per heavy atom. The second kappa shape index (κ2) is 5.63. The minimum Gasteiger partial charge on any atom is -0.406 e. The Labute approximate surface area is 118 Å². The minimum atomic E-state index is -4.75. The predicted molar refractivity (Wildman–Crippen MR) is 67.5 cm³/mol. The number of likely N-dealkylation sites (tertiary alicyclic amines) is 1. The zero-order chi connectivity index (χ0) is 15.6. The molecule has 0 saturated carbocycles. The summed E-state index contributed by atoms with van der Waals surface area (Å²) in [6.07, 6.45) is -4.71. The number of halogens is 3. The lowest BCUT2D eigenvalue weighted by atomic mass is 10.2. The van der Waals surface area contributed by atoms with Crippen LogP contribution in [0.2, 0.25) is 0 Å². The fraction of sp³-hybridized carbons (Fsp3) is 0.385. The highest BCUT2D eigenvalue weighted by Gasteiger charge is 2.37. The number of imide groups is 1. The topological polar surface area (TPSA) is 58.6 Å². The third kappa shape index (κ3) is 3.65. The van der Waals surface area contributed by atoms with Crippen LogP contribution in [0.5, 0.6) is 5.75 Å². The van der Waals surface area contributed by atoms with Gasteiger partial charge in [0.15, 0.2) is 0 Å². The highest BCUT2D eigenvalue weighted by Crippen LogP contribution is 2.25. The first-order valence-corrected chi connectivity index (χ1v) is 6.26. The van der Waals surface area contributed by atoms with Crippen molar-refractivity contribution in [3.05, 3.63) is 24.3 Å². The number of nitrogens with zero attached hydrogens (tertiary/aromatic N) is 1. The average molecular weight is 302 g/mol. The van der Waals surface area contributed by atoms with Crippen LogP contribution < -0.4 is 10.1 Å². The third-order valence-electron chi connectivity index (χ3n) is 2.99. The Bertz CT molecular complexity index is 543. The van der Waals surface area contributed by atoms with E-state index in [1.807, 2.05) is 0 Å². The quantitative estimate of drug-likeness (QED) is 0.866. The molecule has 21 heavy (non-hydrogen) atoms. The number of amides is 2. The largest absolute Gasteiger partial charge is 0.573 e. The molecular formula is C13H13F3N2O3. The highest BCUT2D eigenvalue weighted by atomic mass is 19.4. The molecule has 1 aliphatic rings. The number of ether oxygens (including phenoxy) is 1. The first-order valence-electron chi connectivity index (χ1n) is 6.26. The standard InChI is InChI=1S/C13H13F3N2O3/c1-2-18-11(19)7-10(12(18)20)17-8-3-5-9(6-4-8)21-13(14,15)16/h3-6,10,17H,2,7H2,1H3/t10-/m0/s1. The smallest absolute Gasteiger partial charge is 0.406 e. The zero-order valence-electron chi connectivity index (χ0n) is 11.1. The van der Waals surface area contributed by atoms with Crippen molar-refractivity contribution < 1.29 is 27.5 Å². The van der Waals surface area contributed by atoms with E-state index in [9.17, 15) is 22.8 Å². The molecule has 0 radical (unpaired) electrons. The maximum absolute atomic E-state index is 12.0. The molecule has 1 N–H and O–H groups in total. The van der Waals surface area contributed by atoms with Gasteiger partial charge in [-0.2, -0.15) is 0 Å². The molecule has 0 unspecified atom stereocenters. The minimum absolute atomic E-state index is 0.0352. The summed E-state index contributed by atoms with van der Waals surface area (Å²) in [4.78, 5) is 24.6. The van der Waals surface area contributed by atoms with Crippen LogP contribution in [-0.4, -0.2) is 35.7 Å². The van der Waals surface area contributed by atoms with Crippen molar-refractivity contribution in [2.75, 3.05) is 11.9 Å². The van der Waals surface area contributed by atoms with Gasteiger partial charge in [-0.25, -0.2) is 0 Å². The molecule has 1 atom stereocenters. The van der Waals surface area contributed by atoms with E-state index in [0.29, 0.717) is 12.2 Å². The Kier molecular flexibility index (Phi) is 4.06. The molecule has 0 aliphatic carbocycles. The molecule has 114 valence electrons. The van der Waals surface area contributed by atoms with Gasteiger partial charge >= 0.3 is 6.36 Å². The van der Waals surface area contributed by atoms with Crippen LogP contribution >= 0.6 is 0 Å². The number of benzene rings is 1. The van der Waals surface area contributed by atoms with E-state index in [-0.39, 0.29) is 24.0 Å². The third-order valence-corrected chi connectivity index (χ3v) is 2.99. The van der Waals surface area contributed by atoms with Gasteiger partial charge in [-0.15, -0.1) is 13.2 Å². The summed E-state index contributed by atoms with van der Waals surface area (Å²) >= 11 is 0. The van der Waals surface area contributed by atoms with Crippen LogP contribution in [0, 0.1) is 0 Å². The van der Waals surface area contributed by atoms with Gasteiger partial charge in [-0.1, -0.05) is 0 Å². The fourth-order valence-corrected chi connectivity index (χ4v) is 2.08. The lowest BCUT2D eigenvalue weighted by molar-refractivity contribution is -0.274. The van der Waals surface area contributed by atoms with Gasteiger partial charge in [0.1, 0.15) is 11.8 Å². The molecule has 5 nitrogen and oxygen atoms in total. The second-order valence-electron chi connectivity index (χ2n) is 4.45. The van der Waals surface area contributed by atoms with Gasteiger partial charge in [0.25, 0.3) is 5.91 Å². The molecule has 1 heterocycles. The number of hydrogen-bond donors (Lipinski definition) is 1. The lowest BCUT2D eigenvalue weighted by Crippen LogP contribution is -2.34. The van der Waals surface area contributed by atoms with E-state index >= 15 is 0 Å². The number of nitrogens with one attached hydrogen (secondary N) is 1. The first kappa shape index (κ1) is 15.1. The van der Waals surface area contributed by atoms with Crippen molar-refractivity contribution >= 4 is 17.5 Å². The molecule has 1 aromatic rings. The normalized spacial score (nSPS) is 19.0. The predicted octanol–water partition coefficient (Wildman–Crippen LogP) is 2.14. The molecule has 2 rings (SSSR count). The zero-order valence-corrected chi connectivity index (χ0v) is 11.1. The van der Waals surface area contributed by atoms with Gasteiger partial charge in [0.2, 0.25) is 5.91 Å². The monoisotopic (exact) mass is 302 g/mol. The molecule has 0 bridgehead atoms. The number of carbonyl (C=O) groups excluding carboxylic acids is 2. The number of hydrogen-bond acceptors (Lipinski definition) is 4. The number of likely N-dealkylation sites (N-methyl/N-ethyl adjacent to an activating group) is 1. The maximum Gasteiger partial charge on any atom is 0.573 e. The molecule has 1 aliphatic heterocycles. The van der Waals surface area contributed by atoms with E-state index in [4.69, 9.17) is 0 Å². The maximum atomic E-state index is 12.0. The van der Waals surface area contributed by atoms with Crippen molar-refractivity contribution in [2.24, 2.45) is 0 Å². The van der Waals surface area contributed by atoms with Gasteiger partial charge < -0.3 is 10.1 Å². The molecule has 2 amide bonds. The van der Waals surface area contributed by atoms with Crippen LogP contribution in [0.1, 0.15) is 13.3 Å². The number of rotatable bonds is 4. The lowest BCUT2D eigenvalue weighted by Gasteiger charge is -2.14. The summed E-state index contributed by atoms with van der Waals surface area (Å²) in [6, 6.07) is 4.29. The van der Waals surface area contributed by atoms with Gasteiger partial charge in [-0.05, 0) is 31.2 Å². The Hall–Kier alpha value is -2.25. The number of carbonyl (C=O) groups is 2. The highest BCUT2D eigenvalue weighted by molar-refractivity contribution is 6.06. The first-order chi connectivity index (χ1) is 9.80. The Morgan fingerprint density at radius 2 is 1.90 bits per heavy atom. The van der Waals surface area contributed by atoms with Crippen LogP contribution in [0.3, 0.4) is 0 Å². The van der Waals surface area contributed by atoms with E-state index in [1.54, 1.807) is 6.92 Å². The van der Waals surface area contributed by atoms with Gasteiger partial charge in [0.05, 0.1) is 6.42 Å². The van der Waals surface area contributed by atoms with Crippen molar-refractivity contribution in [3.8, 4) is 5.75 Å². The Balaban J connectivity index is 2.01. The van der Waals surface area contributed by atoms with Crippen molar-refractivity contribution in [2.45, 2.75) is 25.7 Å².